The van der Waals surface area contributed by atoms with Gasteiger partial charge in [-0.2, -0.15) is 0 Å². The number of fused-ring (bicyclic) bond motifs is 1. The van der Waals surface area contributed by atoms with Crippen molar-refractivity contribution in [2.45, 2.75) is 0 Å². The average Bonchev–Trinajstić information content (AvgIpc) is 2.12. The molecule has 0 saturated carbocycles. The minimum atomic E-state index is -1.10. The van der Waals surface area contributed by atoms with Gasteiger partial charge in [-0.3, -0.25) is 4.79 Å². The van der Waals surface area contributed by atoms with E-state index in [4.69, 9.17) is 0 Å². The first kappa shape index (κ1) is 7.91. The molecule has 0 aliphatic rings. The molecule has 1 aromatic heterocycles. The SMILES string of the molecule is O=c1[nH]ccc2ccc(F)c(F)c12. The molecule has 4 heteroatoms. The summed E-state index contributed by atoms with van der Waals surface area (Å²) < 4.78 is 25.8. The Morgan fingerprint density at radius 2 is 1.92 bits per heavy atom. The minimum Gasteiger partial charge on any atom is -0.328 e. The van der Waals surface area contributed by atoms with Gasteiger partial charge in [-0.25, -0.2) is 8.78 Å². The van der Waals surface area contributed by atoms with Gasteiger partial charge in [-0.15, -0.1) is 0 Å². The third-order valence-corrected chi connectivity index (χ3v) is 1.83. The fourth-order valence-corrected chi connectivity index (χ4v) is 1.21. The second-order valence-corrected chi connectivity index (χ2v) is 2.63. The molecule has 0 spiro atoms. The van der Waals surface area contributed by atoms with E-state index < -0.39 is 17.2 Å². The van der Waals surface area contributed by atoms with Gasteiger partial charge in [-0.05, 0) is 17.5 Å². The molecular formula is C9H5F2NO. The van der Waals surface area contributed by atoms with E-state index in [1.54, 1.807) is 0 Å². The number of rotatable bonds is 0. The number of hydrogen-bond acceptors (Lipinski definition) is 1. The van der Waals surface area contributed by atoms with Gasteiger partial charge in [0.15, 0.2) is 11.6 Å². The molecule has 0 unspecified atom stereocenters. The van der Waals surface area contributed by atoms with Crippen LogP contribution in [-0.2, 0) is 0 Å². The molecule has 2 rings (SSSR count). The van der Waals surface area contributed by atoms with E-state index in [1.165, 1.54) is 18.3 Å². The van der Waals surface area contributed by atoms with Crippen molar-refractivity contribution in [2.75, 3.05) is 0 Å². The highest BCUT2D eigenvalue weighted by atomic mass is 19.2. The van der Waals surface area contributed by atoms with Crippen LogP contribution in [0, 0.1) is 11.6 Å². The summed E-state index contributed by atoms with van der Waals surface area (Å²) in [5, 5.41) is 0.158. The zero-order valence-electron chi connectivity index (χ0n) is 6.47. The van der Waals surface area contributed by atoms with Crippen LogP contribution in [-0.4, -0.2) is 4.98 Å². The first-order chi connectivity index (χ1) is 6.20. The van der Waals surface area contributed by atoms with Gasteiger partial charge < -0.3 is 4.98 Å². The number of pyridine rings is 1. The molecule has 66 valence electrons. The van der Waals surface area contributed by atoms with Gasteiger partial charge in [0.2, 0.25) is 0 Å². The van der Waals surface area contributed by atoms with Crippen LogP contribution in [0.2, 0.25) is 0 Å². The van der Waals surface area contributed by atoms with Crippen LogP contribution < -0.4 is 5.56 Å². The van der Waals surface area contributed by atoms with Gasteiger partial charge in [0.05, 0.1) is 5.39 Å². The molecule has 0 atom stereocenters. The van der Waals surface area contributed by atoms with E-state index in [0.29, 0.717) is 5.39 Å². The Bertz CT molecular complexity index is 518. The quantitative estimate of drug-likeness (QED) is 0.660. The summed E-state index contributed by atoms with van der Waals surface area (Å²) >= 11 is 0. The maximum atomic E-state index is 13.1. The van der Waals surface area contributed by atoms with E-state index in [0.717, 1.165) is 6.07 Å². The van der Waals surface area contributed by atoms with Crippen molar-refractivity contribution in [3.05, 3.63) is 46.4 Å². The third kappa shape index (κ3) is 1.11. The maximum absolute atomic E-state index is 13.1. The van der Waals surface area contributed by atoms with E-state index in [2.05, 4.69) is 4.98 Å². The van der Waals surface area contributed by atoms with Crippen molar-refractivity contribution >= 4 is 10.8 Å². The predicted molar refractivity (Wildman–Crippen MR) is 44.5 cm³/mol. The fraction of sp³-hybridized carbons (Fsp3) is 0. The molecule has 0 fully saturated rings. The van der Waals surface area contributed by atoms with Crippen molar-refractivity contribution in [2.24, 2.45) is 0 Å². The van der Waals surface area contributed by atoms with Crippen LogP contribution in [0.3, 0.4) is 0 Å². The van der Waals surface area contributed by atoms with Gasteiger partial charge in [0.25, 0.3) is 5.56 Å². The Morgan fingerprint density at radius 3 is 2.69 bits per heavy atom. The topological polar surface area (TPSA) is 32.9 Å². The van der Waals surface area contributed by atoms with Crippen molar-refractivity contribution in [3.63, 3.8) is 0 Å². The number of nitrogens with one attached hydrogen (secondary N) is 1. The summed E-state index contributed by atoms with van der Waals surface area (Å²) in [6, 6.07) is 3.87. The number of aromatic amines is 1. The van der Waals surface area contributed by atoms with Gasteiger partial charge in [-0.1, -0.05) is 6.07 Å². The lowest BCUT2D eigenvalue weighted by atomic mass is 10.1. The Kier molecular flexibility index (Phi) is 1.62. The molecular weight excluding hydrogens is 176 g/mol. The van der Waals surface area contributed by atoms with Crippen LogP contribution >= 0.6 is 0 Å². The third-order valence-electron chi connectivity index (χ3n) is 1.83. The predicted octanol–water partition coefficient (Wildman–Crippen LogP) is 1.81. The summed E-state index contributed by atoms with van der Waals surface area (Å²) in [5.74, 6) is -2.11. The van der Waals surface area contributed by atoms with Crippen LogP contribution in [0.25, 0.3) is 10.8 Å². The van der Waals surface area contributed by atoms with Crippen molar-refractivity contribution in [1.29, 1.82) is 0 Å². The normalized spacial score (nSPS) is 10.6. The summed E-state index contributed by atoms with van der Waals surface area (Å²) in [5.41, 5.74) is -0.616. The second kappa shape index (κ2) is 2.65. The van der Waals surface area contributed by atoms with Crippen molar-refractivity contribution in [1.82, 2.24) is 4.98 Å². The maximum Gasteiger partial charge on any atom is 0.258 e. The molecule has 0 bridgehead atoms. The zero-order chi connectivity index (χ0) is 9.42. The highest BCUT2D eigenvalue weighted by Gasteiger charge is 2.08. The lowest BCUT2D eigenvalue weighted by Crippen LogP contribution is -2.07. The number of halogens is 2. The van der Waals surface area contributed by atoms with E-state index in [9.17, 15) is 13.6 Å². The first-order valence-electron chi connectivity index (χ1n) is 3.65. The molecule has 0 aliphatic heterocycles. The Morgan fingerprint density at radius 1 is 1.15 bits per heavy atom. The molecule has 0 amide bonds. The van der Waals surface area contributed by atoms with Gasteiger partial charge in [0, 0.05) is 6.20 Å². The van der Waals surface area contributed by atoms with Crippen molar-refractivity contribution in [3.8, 4) is 0 Å². The number of hydrogen-bond donors (Lipinski definition) is 1. The Balaban J connectivity index is 3.06. The fourth-order valence-electron chi connectivity index (χ4n) is 1.21. The van der Waals surface area contributed by atoms with E-state index >= 15 is 0 Å². The molecule has 0 saturated heterocycles. The van der Waals surface area contributed by atoms with Gasteiger partial charge in [0.1, 0.15) is 0 Å². The summed E-state index contributed by atoms with van der Waals surface area (Å²) in [4.78, 5) is 13.4. The minimum absolute atomic E-state index is 0.234. The Labute approximate surface area is 71.8 Å². The van der Waals surface area contributed by atoms with Crippen LogP contribution in [0.4, 0.5) is 8.78 Å². The Hall–Kier alpha value is -1.71. The summed E-state index contributed by atoms with van der Waals surface area (Å²) in [6.07, 6.45) is 1.39. The molecule has 1 aromatic carbocycles. The molecule has 1 heterocycles. The average molecular weight is 181 g/mol. The lowest BCUT2D eigenvalue weighted by Gasteiger charge is -1.97. The van der Waals surface area contributed by atoms with E-state index in [1.807, 2.05) is 0 Å². The van der Waals surface area contributed by atoms with E-state index in [-0.39, 0.29) is 5.39 Å². The molecule has 1 N–H and O–H groups in total. The standard InChI is InChI=1S/C9H5F2NO/c10-6-2-1-5-3-4-12-9(13)7(5)8(6)11/h1-4H,(H,12,13). The number of H-pyrrole nitrogens is 1. The molecule has 2 aromatic rings. The second-order valence-electron chi connectivity index (χ2n) is 2.63. The highest BCUT2D eigenvalue weighted by Crippen LogP contribution is 2.15. The van der Waals surface area contributed by atoms with Crippen LogP contribution in [0.5, 0.6) is 0 Å². The summed E-state index contributed by atoms with van der Waals surface area (Å²) in [7, 11) is 0. The number of benzene rings is 1. The largest absolute Gasteiger partial charge is 0.328 e. The van der Waals surface area contributed by atoms with Crippen LogP contribution in [0.15, 0.2) is 29.2 Å². The lowest BCUT2D eigenvalue weighted by molar-refractivity contribution is 0.516. The van der Waals surface area contributed by atoms with Crippen molar-refractivity contribution < 1.29 is 8.78 Å². The molecule has 2 nitrogen and oxygen atoms in total. The highest BCUT2D eigenvalue weighted by molar-refractivity contribution is 5.81. The van der Waals surface area contributed by atoms with Gasteiger partial charge >= 0.3 is 0 Å². The number of aromatic nitrogens is 1. The monoisotopic (exact) mass is 181 g/mol. The van der Waals surface area contributed by atoms with Crippen LogP contribution in [0.1, 0.15) is 0 Å². The molecule has 0 aliphatic carbocycles. The summed E-state index contributed by atoms with van der Waals surface area (Å²) in [6.45, 7) is 0. The molecule has 0 radical (unpaired) electrons. The smallest absolute Gasteiger partial charge is 0.258 e. The molecule has 13 heavy (non-hydrogen) atoms. The zero-order valence-corrected chi connectivity index (χ0v) is 6.47. The first-order valence-corrected chi connectivity index (χ1v) is 3.65.